The van der Waals surface area contributed by atoms with Gasteiger partial charge >= 0.3 is 0 Å². The molecule has 1 fully saturated rings. The van der Waals surface area contributed by atoms with Gasteiger partial charge in [-0.15, -0.1) is 0 Å². The molecule has 1 aromatic heterocycles. The highest BCUT2D eigenvalue weighted by molar-refractivity contribution is 6.18. The number of hydrogen-bond acceptors (Lipinski definition) is 3. The van der Waals surface area contributed by atoms with Crippen LogP contribution in [0.1, 0.15) is 12.8 Å². The number of aryl methyl sites for hydroxylation is 1. The fourth-order valence-electron chi connectivity index (χ4n) is 1.37. The molecule has 2 amide bonds. The first kappa shape index (κ1) is 7.97. The van der Waals surface area contributed by atoms with Crippen LogP contribution >= 0.6 is 0 Å². The van der Waals surface area contributed by atoms with Crippen molar-refractivity contribution in [3.05, 3.63) is 12.4 Å². The summed E-state index contributed by atoms with van der Waals surface area (Å²) in [4.78, 5) is 27.7. The highest BCUT2D eigenvalue weighted by Gasteiger charge is 2.32. The summed E-state index contributed by atoms with van der Waals surface area (Å²) in [6.07, 6.45) is 3.86. The second kappa shape index (κ2) is 2.69. The number of nitrogens with zero attached hydrogens (tertiary/aromatic N) is 3. The summed E-state index contributed by atoms with van der Waals surface area (Å²) in [6, 6.07) is 0. The highest BCUT2D eigenvalue weighted by Crippen LogP contribution is 2.19. The maximum atomic E-state index is 11.3. The maximum absolute atomic E-state index is 11.3. The van der Waals surface area contributed by atoms with Gasteiger partial charge in [0.2, 0.25) is 17.8 Å². The van der Waals surface area contributed by atoms with E-state index in [-0.39, 0.29) is 11.8 Å². The molecule has 0 aliphatic carbocycles. The van der Waals surface area contributed by atoms with Crippen LogP contribution in [0.25, 0.3) is 0 Å². The molecular weight excluding hydrogens is 170 g/mol. The Balaban J connectivity index is 2.40. The molecule has 1 aromatic rings. The number of amides is 2. The lowest BCUT2D eigenvalue weighted by Crippen LogP contribution is -2.30. The summed E-state index contributed by atoms with van der Waals surface area (Å²) in [5.41, 5.74) is 0. The molecule has 1 aliphatic rings. The van der Waals surface area contributed by atoms with E-state index >= 15 is 0 Å². The minimum atomic E-state index is -0.167. The van der Waals surface area contributed by atoms with Crippen LogP contribution in [0.3, 0.4) is 0 Å². The Morgan fingerprint density at radius 3 is 2.38 bits per heavy atom. The zero-order valence-electron chi connectivity index (χ0n) is 7.23. The van der Waals surface area contributed by atoms with E-state index in [1.54, 1.807) is 24.0 Å². The number of imide groups is 1. The van der Waals surface area contributed by atoms with Crippen molar-refractivity contribution >= 4 is 17.8 Å². The van der Waals surface area contributed by atoms with E-state index in [0.717, 1.165) is 4.90 Å². The summed E-state index contributed by atoms with van der Waals surface area (Å²) in [6.45, 7) is 0. The van der Waals surface area contributed by atoms with Crippen LogP contribution in [0, 0.1) is 0 Å². The molecule has 0 aromatic carbocycles. The number of hydrogen-bond donors (Lipinski definition) is 0. The van der Waals surface area contributed by atoms with Crippen molar-refractivity contribution in [1.29, 1.82) is 0 Å². The van der Waals surface area contributed by atoms with Gasteiger partial charge in [0.1, 0.15) is 0 Å². The molecule has 0 N–H and O–H groups in total. The van der Waals surface area contributed by atoms with Gasteiger partial charge in [-0.1, -0.05) is 0 Å². The summed E-state index contributed by atoms with van der Waals surface area (Å²) in [5, 5.41) is 0. The standard InChI is InChI=1S/C8H9N3O2/c1-10-5-4-9-8(10)11-6(12)2-3-7(11)13/h4-5H,2-3H2,1H3. The van der Waals surface area contributed by atoms with Crippen LogP contribution in [0.2, 0.25) is 0 Å². The van der Waals surface area contributed by atoms with Gasteiger partial charge in [-0.05, 0) is 0 Å². The second-order valence-electron chi connectivity index (χ2n) is 2.96. The molecule has 0 saturated carbocycles. The first-order valence-electron chi connectivity index (χ1n) is 4.03. The van der Waals surface area contributed by atoms with Crippen molar-refractivity contribution in [1.82, 2.24) is 9.55 Å². The molecular formula is C8H9N3O2. The molecule has 68 valence electrons. The molecule has 0 unspecified atom stereocenters. The number of aromatic nitrogens is 2. The van der Waals surface area contributed by atoms with Gasteiger partial charge in [-0.2, -0.15) is 0 Å². The summed E-state index contributed by atoms with van der Waals surface area (Å²) in [7, 11) is 1.75. The van der Waals surface area contributed by atoms with Gasteiger partial charge in [0.15, 0.2) is 0 Å². The maximum Gasteiger partial charge on any atom is 0.236 e. The van der Waals surface area contributed by atoms with E-state index in [9.17, 15) is 9.59 Å². The molecule has 0 atom stereocenters. The second-order valence-corrected chi connectivity index (χ2v) is 2.96. The Hall–Kier alpha value is -1.65. The highest BCUT2D eigenvalue weighted by atomic mass is 16.2. The Labute approximate surface area is 75.0 Å². The fourth-order valence-corrected chi connectivity index (χ4v) is 1.37. The van der Waals surface area contributed by atoms with E-state index in [0.29, 0.717) is 18.8 Å². The third-order valence-corrected chi connectivity index (χ3v) is 2.05. The third kappa shape index (κ3) is 1.12. The SMILES string of the molecule is Cn1ccnc1N1C(=O)CCC1=O. The summed E-state index contributed by atoms with van der Waals surface area (Å²) in [5.74, 6) is 0.0751. The van der Waals surface area contributed by atoms with Crippen LogP contribution < -0.4 is 4.90 Å². The van der Waals surface area contributed by atoms with E-state index in [4.69, 9.17) is 0 Å². The van der Waals surface area contributed by atoms with Crippen LogP contribution in [0.4, 0.5) is 5.95 Å². The Morgan fingerprint density at radius 1 is 1.31 bits per heavy atom. The molecule has 2 heterocycles. The molecule has 0 radical (unpaired) electrons. The van der Waals surface area contributed by atoms with E-state index in [1.165, 1.54) is 0 Å². The monoisotopic (exact) mass is 179 g/mol. The molecule has 2 rings (SSSR count). The molecule has 13 heavy (non-hydrogen) atoms. The van der Waals surface area contributed by atoms with Crippen molar-refractivity contribution < 1.29 is 9.59 Å². The van der Waals surface area contributed by atoms with Crippen molar-refractivity contribution in [2.75, 3.05) is 4.90 Å². The Kier molecular flexibility index (Phi) is 1.65. The first-order valence-corrected chi connectivity index (χ1v) is 4.03. The molecule has 0 spiro atoms. The number of carbonyl (C=O) groups is 2. The van der Waals surface area contributed by atoms with Crippen molar-refractivity contribution in [3.63, 3.8) is 0 Å². The van der Waals surface area contributed by atoms with Gasteiger partial charge in [0.05, 0.1) is 0 Å². The van der Waals surface area contributed by atoms with Crippen LogP contribution in [0.5, 0.6) is 0 Å². The lowest BCUT2D eigenvalue weighted by molar-refractivity contribution is -0.121. The smallest absolute Gasteiger partial charge is 0.236 e. The third-order valence-electron chi connectivity index (χ3n) is 2.05. The molecule has 5 heteroatoms. The minimum absolute atomic E-state index is 0.167. The van der Waals surface area contributed by atoms with Crippen LogP contribution in [-0.2, 0) is 16.6 Å². The average Bonchev–Trinajstić information content (AvgIpc) is 2.60. The van der Waals surface area contributed by atoms with Gasteiger partial charge in [0.25, 0.3) is 0 Å². The predicted octanol–water partition coefficient (Wildman–Crippen LogP) is 0.0735. The minimum Gasteiger partial charge on any atom is -0.320 e. The van der Waals surface area contributed by atoms with Crippen LogP contribution in [0.15, 0.2) is 12.4 Å². The normalized spacial score (nSPS) is 17.2. The number of carbonyl (C=O) groups excluding carboxylic acids is 2. The number of imidazole rings is 1. The molecule has 1 aliphatic heterocycles. The number of anilines is 1. The van der Waals surface area contributed by atoms with Crippen molar-refractivity contribution in [2.24, 2.45) is 7.05 Å². The van der Waals surface area contributed by atoms with E-state index in [2.05, 4.69) is 4.98 Å². The lowest BCUT2D eigenvalue weighted by Gasteiger charge is -2.11. The lowest BCUT2D eigenvalue weighted by atomic mass is 10.4. The summed E-state index contributed by atoms with van der Waals surface area (Å²) >= 11 is 0. The summed E-state index contributed by atoms with van der Waals surface area (Å²) < 4.78 is 1.65. The van der Waals surface area contributed by atoms with Gasteiger partial charge in [0, 0.05) is 32.3 Å². The number of rotatable bonds is 1. The van der Waals surface area contributed by atoms with Gasteiger partial charge in [-0.3, -0.25) is 9.59 Å². The van der Waals surface area contributed by atoms with Crippen LogP contribution in [-0.4, -0.2) is 21.4 Å². The van der Waals surface area contributed by atoms with Crippen molar-refractivity contribution in [3.8, 4) is 0 Å². The van der Waals surface area contributed by atoms with E-state index in [1.807, 2.05) is 0 Å². The van der Waals surface area contributed by atoms with E-state index < -0.39 is 0 Å². The molecule has 1 saturated heterocycles. The molecule has 5 nitrogen and oxygen atoms in total. The molecule has 0 bridgehead atoms. The zero-order valence-corrected chi connectivity index (χ0v) is 7.23. The quantitative estimate of drug-likeness (QED) is 0.573. The fraction of sp³-hybridized carbons (Fsp3) is 0.375. The topological polar surface area (TPSA) is 55.2 Å². The zero-order chi connectivity index (χ0) is 9.42. The Morgan fingerprint density at radius 2 is 1.92 bits per heavy atom. The van der Waals surface area contributed by atoms with Gasteiger partial charge < -0.3 is 4.57 Å². The largest absolute Gasteiger partial charge is 0.320 e. The predicted molar refractivity (Wildman–Crippen MR) is 44.9 cm³/mol. The average molecular weight is 179 g/mol. The van der Waals surface area contributed by atoms with Gasteiger partial charge in [-0.25, -0.2) is 9.88 Å². The Bertz CT molecular complexity index is 353. The van der Waals surface area contributed by atoms with Crippen molar-refractivity contribution in [2.45, 2.75) is 12.8 Å². The first-order chi connectivity index (χ1) is 6.20.